The van der Waals surface area contributed by atoms with E-state index in [0.29, 0.717) is 0 Å². The lowest BCUT2D eigenvalue weighted by molar-refractivity contribution is 0.591. The van der Waals surface area contributed by atoms with Gasteiger partial charge in [-0.2, -0.15) is 0 Å². The second-order valence-corrected chi connectivity index (χ2v) is 11.8. The van der Waals surface area contributed by atoms with Gasteiger partial charge in [0.2, 0.25) is 0 Å². The molecule has 1 aliphatic heterocycles. The molecule has 144 valence electrons. The summed E-state index contributed by atoms with van der Waals surface area (Å²) in [5.74, 6) is 0. The molecular formula is C26H24NOP. The Bertz CT molecular complexity index is 1330. The molecule has 4 aromatic rings. The van der Waals surface area contributed by atoms with Gasteiger partial charge in [-0.3, -0.25) is 4.98 Å². The van der Waals surface area contributed by atoms with Gasteiger partial charge in [0.05, 0.1) is 5.69 Å². The van der Waals surface area contributed by atoms with E-state index in [0.717, 1.165) is 33.0 Å². The summed E-state index contributed by atoms with van der Waals surface area (Å²) in [6.07, 6.45) is 1.85. The van der Waals surface area contributed by atoms with Crippen LogP contribution in [0.1, 0.15) is 26.3 Å². The van der Waals surface area contributed by atoms with Gasteiger partial charge in [-0.25, -0.2) is 0 Å². The van der Waals surface area contributed by atoms with Crippen molar-refractivity contribution in [3.8, 4) is 22.4 Å². The quantitative estimate of drug-likeness (QED) is 0.362. The molecule has 1 unspecified atom stereocenters. The van der Waals surface area contributed by atoms with Crippen LogP contribution in [0.5, 0.6) is 0 Å². The lowest BCUT2D eigenvalue weighted by Crippen LogP contribution is -2.14. The van der Waals surface area contributed by atoms with E-state index in [2.05, 4.69) is 63.2 Å². The van der Waals surface area contributed by atoms with Crippen molar-refractivity contribution in [2.75, 3.05) is 6.66 Å². The number of rotatable bonds is 1. The van der Waals surface area contributed by atoms with Crippen LogP contribution in [0, 0.1) is 0 Å². The highest BCUT2D eigenvalue weighted by Gasteiger charge is 2.37. The summed E-state index contributed by atoms with van der Waals surface area (Å²) in [6, 6.07) is 23.0. The molecule has 0 radical (unpaired) electrons. The molecule has 1 atom stereocenters. The SMILES string of the molecule is CC(C)(C)c1cc(-c2nccc3c2P(C)(=O)c2ccccc2-3)cc2ccccc12. The van der Waals surface area contributed by atoms with Crippen LogP contribution in [-0.4, -0.2) is 11.6 Å². The zero-order valence-corrected chi connectivity index (χ0v) is 18.1. The second-order valence-electron chi connectivity index (χ2n) is 8.99. The highest BCUT2D eigenvalue weighted by Crippen LogP contribution is 2.52. The normalized spacial score (nSPS) is 17.9. The molecule has 2 nitrogen and oxygen atoms in total. The lowest BCUT2D eigenvalue weighted by Gasteiger charge is -2.23. The minimum absolute atomic E-state index is 0.00750. The molecule has 1 aromatic heterocycles. The Morgan fingerprint density at radius 2 is 1.59 bits per heavy atom. The average Bonchev–Trinajstić information content (AvgIpc) is 2.94. The third-order valence-electron chi connectivity index (χ3n) is 5.95. The van der Waals surface area contributed by atoms with Crippen LogP contribution in [0.3, 0.4) is 0 Å². The van der Waals surface area contributed by atoms with E-state index in [-0.39, 0.29) is 5.41 Å². The number of aromatic nitrogens is 1. The molecule has 3 heteroatoms. The first-order valence-corrected chi connectivity index (χ1v) is 12.1. The molecule has 0 aliphatic carbocycles. The first-order chi connectivity index (χ1) is 13.8. The molecule has 0 saturated carbocycles. The van der Waals surface area contributed by atoms with Crippen molar-refractivity contribution < 1.29 is 4.57 Å². The molecule has 0 bridgehead atoms. The average molecular weight is 397 g/mol. The van der Waals surface area contributed by atoms with Gasteiger partial charge in [0.25, 0.3) is 0 Å². The van der Waals surface area contributed by atoms with Crippen LogP contribution in [0.15, 0.2) is 72.9 Å². The van der Waals surface area contributed by atoms with Crippen molar-refractivity contribution in [2.45, 2.75) is 26.2 Å². The summed E-state index contributed by atoms with van der Waals surface area (Å²) < 4.78 is 14.0. The zero-order valence-electron chi connectivity index (χ0n) is 17.2. The number of fused-ring (bicyclic) bond motifs is 4. The minimum atomic E-state index is -2.70. The van der Waals surface area contributed by atoms with Crippen molar-refractivity contribution in [3.05, 3.63) is 78.5 Å². The minimum Gasteiger partial charge on any atom is -0.314 e. The standard InChI is InChI=1S/C26H24NOP/c1-26(2,3)22-16-18(15-17-9-5-6-10-19(17)22)24-25-21(13-14-27-24)20-11-7-8-12-23(20)29(25,4)28/h5-16H,1-4H3. The first kappa shape index (κ1) is 18.3. The van der Waals surface area contributed by atoms with Crippen molar-refractivity contribution in [1.82, 2.24) is 4.98 Å². The van der Waals surface area contributed by atoms with Crippen LogP contribution < -0.4 is 10.6 Å². The first-order valence-electron chi connectivity index (χ1n) is 9.99. The maximum Gasteiger partial charge on any atom is 0.143 e. The Morgan fingerprint density at radius 1 is 0.862 bits per heavy atom. The van der Waals surface area contributed by atoms with Crippen molar-refractivity contribution in [3.63, 3.8) is 0 Å². The number of pyridine rings is 1. The van der Waals surface area contributed by atoms with E-state index < -0.39 is 7.14 Å². The van der Waals surface area contributed by atoms with E-state index in [9.17, 15) is 4.57 Å². The summed E-state index contributed by atoms with van der Waals surface area (Å²) in [6.45, 7) is 8.60. The van der Waals surface area contributed by atoms with Gasteiger partial charge >= 0.3 is 0 Å². The molecule has 0 N–H and O–H groups in total. The van der Waals surface area contributed by atoms with Crippen LogP contribution >= 0.6 is 7.14 Å². The largest absolute Gasteiger partial charge is 0.314 e. The van der Waals surface area contributed by atoms with Gasteiger partial charge in [0, 0.05) is 22.4 Å². The highest BCUT2D eigenvalue weighted by atomic mass is 31.2. The predicted octanol–water partition coefficient (Wildman–Crippen LogP) is 6.12. The number of nitrogens with zero attached hydrogens (tertiary/aromatic N) is 1. The number of hydrogen-bond donors (Lipinski definition) is 0. The number of hydrogen-bond acceptors (Lipinski definition) is 2. The topological polar surface area (TPSA) is 30.0 Å². The Balaban J connectivity index is 1.85. The van der Waals surface area contributed by atoms with Gasteiger partial charge in [0.15, 0.2) is 0 Å². The summed E-state index contributed by atoms with van der Waals surface area (Å²) in [7, 11) is -2.70. The smallest absolute Gasteiger partial charge is 0.143 e. The molecule has 3 aromatic carbocycles. The van der Waals surface area contributed by atoms with Crippen LogP contribution in [-0.2, 0) is 9.98 Å². The van der Waals surface area contributed by atoms with Crippen molar-refractivity contribution >= 4 is 28.5 Å². The number of benzene rings is 3. The van der Waals surface area contributed by atoms with E-state index in [1.165, 1.54) is 16.3 Å². The molecule has 2 heterocycles. The fourth-order valence-electron chi connectivity index (χ4n) is 4.58. The van der Waals surface area contributed by atoms with Gasteiger partial charge < -0.3 is 4.57 Å². The second kappa shape index (κ2) is 6.15. The summed E-state index contributed by atoms with van der Waals surface area (Å²) >= 11 is 0. The molecule has 0 fully saturated rings. The summed E-state index contributed by atoms with van der Waals surface area (Å²) in [5, 5.41) is 4.30. The van der Waals surface area contributed by atoms with Gasteiger partial charge in [-0.1, -0.05) is 69.3 Å². The van der Waals surface area contributed by atoms with Gasteiger partial charge in [-0.05, 0) is 57.7 Å². The third kappa shape index (κ3) is 2.70. The fraction of sp³-hybridized carbons (Fsp3) is 0.192. The van der Waals surface area contributed by atoms with E-state index in [1.807, 2.05) is 37.1 Å². The Morgan fingerprint density at radius 3 is 2.38 bits per heavy atom. The Hall–Kier alpha value is -2.70. The van der Waals surface area contributed by atoms with Crippen molar-refractivity contribution in [2.24, 2.45) is 0 Å². The lowest BCUT2D eigenvalue weighted by atomic mass is 9.82. The molecule has 0 saturated heterocycles. The van der Waals surface area contributed by atoms with Gasteiger partial charge in [0.1, 0.15) is 7.14 Å². The summed E-state index contributed by atoms with van der Waals surface area (Å²) in [4.78, 5) is 4.76. The zero-order chi connectivity index (χ0) is 20.4. The summed E-state index contributed by atoms with van der Waals surface area (Å²) in [5.41, 5.74) is 5.30. The van der Waals surface area contributed by atoms with E-state index in [4.69, 9.17) is 4.98 Å². The fourth-order valence-corrected chi connectivity index (χ4v) is 7.09. The maximum atomic E-state index is 14.0. The maximum absolute atomic E-state index is 14.0. The predicted molar refractivity (Wildman–Crippen MR) is 124 cm³/mol. The Labute approximate surface area is 172 Å². The van der Waals surface area contributed by atoms with Crippen LogP contribution in [0.4, 0.5) is 0 Å². The monoisotopic (exact) mass is 397 g/mol. The third-order valence-corrected chi connectivity index (χ3v) is 8.56. The Kier molecular flexibility index (Phi) is 3.89. The van der Waals surface area contributed by atoms with Crippen LogP contribution in [0.25, 0.3) is 33.2 Å². The molecule has 0 amide bonds. The van der Waals surface area contributed by atoms with E-state index >= 15 is 0 Å². The van der Waals surface area contributed by atoms with Gasteiger partial charge in [-0.15, -0.1) is 0 Å². The molecule has 0 spiro atoms. The van der Waals surface area contributed by atoms with E-state index in [1.54, 1.807) is 0 Å². The molecule has 1 aliphatic rings. The van der Waals surface area contributed by atoms with Crippen LogP contribution in [0.2, 0.25) is 0 Å². The van der Waals surface area contributed by atoms with Crippen molar-refractivity contribution in [1.29, 1.82) is 0 Å². The molecule has 29 heavy (non-hydrogen) atoms. The molecular weight excluding hydrogens is 373 g/mol. The molecule has 5 rings (SSSR count). The highest BCUT2D eigenvalue weighted by molar-refractivity contribution is 7.79.